The van der Waals surface area contributed by atoms with Gasteiger partial charge in [-0.1, -0.05) is 6.92 Å². The molecule has 0 spiro atoms. The first-order chi connectivity index (χ1) is 11.0. The van der Waals surface area contributed by atoms with Crippen molar-refractivity contribution in [3.63, 3.8) is 0 Å². The van der Waals surface area contributed by atoms with Gasteiger partial charge in [-0.05, 0) is 31.7 Å². The summed E-state index contributed by atoms with van der Waals surface area (Å²) in [5, 5.41) is 17.4. The highest BCUT2D eigenvalue weighted by Crippen LogP contribution is 2.26. The van der Waals surface area contributed by atoms with Gasteiger partial charge < -0.3 is 15.3 Å². The number of hydrogen-bond donors (Lipinski definition) is 2. The zero-order valence-electron chi connectivity index (χ0n) is 13.9. The Morgan fingerprint density at radius 3 is 2.96 bits per heavy atom. The van der Waals surface area contributed by atoms with E-state index >= 15 is 0 Å². The van der Waals surface area contributed by atoms with Crippen LogP contribution < -0.4 is 5.32 Å². The fraction of sp³-hybridized carbons (Fsp3) is 0.688. The second-order valence-corrected chi connectivity index (χ2v) is 6.17. The lowest BCUT2D eigenvalue weighted by Gasteiger charge is -2.39. The number of carbonyl (C=O) groups excluding carboxylic acids is 2. The first-order valence-electron chi connectivity index (χ1n) is 8.23. The van der Waals surface area contributed by atoms with E-state index in [1.807, 2.05) is 6.92 Å². The minimum Gasteiger partial charge on any atom is -0.388 e. The van der Waals surface area contributed by atoms with Gasteiger partial charge in [0.25, 0.3) is 5.91 Å². The topological polar surface area (TPSA) is 87.5 Å². The summed E-state index contributed by atoms with van der Waals surface area (Å²) in [6.07, 6.45) is 4.51. The van der Waals surface area contributed by atoms with E-state index in [4.69, 9.17) is 0 Å². The summed E-state index contributed by atoms with van der Waals surface area (Å²) in [6.45, 7) is 3.62. The molecule has 7 heteroatoms. The number of rotatable bonds is 6. The number of aromatic nitrogens is 2. The predicted octanol–water partition coefficient (Wildman–Crippen LogP) is 0.786. The lowest BCUT2D eigenvalue weighted by atomic mass is 9.88. The highest BCUT2D eigenvalue weighted by Gasteiger charge is 2.36. The number of nitrogens with one attached hydrogen (secondary N) is 1. The summed E-state index contributed by atoms with van der Waals surface area (Å²) in [5.74, 6) is -0.197. The number of nitrogens with zero attached hydrogens (tertiary/aromatic N) is 3. The Morgan fingerprint density at radius 1 is 1.48 bits per heavy atom. The summed E-state index contributed by atoms with van der Waals surface area (Å²) in [6, 6.07) is 1.72. The summed E-state index contributed by atoms with van der Waals surface area (Å²) in [7, 11) is 1.58. The third kappa shape index (κ3) is 4.31. The van der Waals surface area contributed by atoms with Gasteiger partial charge in [-0.15, -0.1) is 0 Å². The maximum absolute atomic E-state index is 12.7. The van der Waals surface area contributed by atoms with Gasteiger partial charge in [0.2, 0.25) is 5.91 Å². The first-order valence-corrected chi connectivity index (χ1v) is 8.23. The minimum absolute atomic E-state index is 0.0945. The molecule has 1 aliphatic heterocycles. The molecule has 128 valence electrons. The van der Waals surface area contributed by atoms with Crippen LogP contribution in [-0.4, -0.2) is 57.3 Å². The third-order valence-electron chi connectivity index (χ3n) is 4.31. The molecule has 0 saturated carbocycles. The Labute approximate surface area is 136 Å². The van der Waals surface area contributed by atoms with Gasteiger partial charge in [-0.25, -0.2) is 0 Å². The van der Waals surface area contributed by atoms with Crippen molar-refractivity contribution in [3.05, 3.63) is 18.0 Å². The second kappa shape index (κ2) is 7.59. The standard InChI is InChI=1S/C16H26N4O3/c1-3-10-20-13(6-9-18-20)15(22)19-11-4-7-16(23,12-19)8-5-14(21)17-2/h6,9,23H,3-5,7-8,10-12H2,1-2H3,(H,17,21)/t16-/m1/s1. The normalized spacial score (nSPS) is 21.3. The number of likely N-dealkylation sites (tertiary alicyclic amines) is 1. The Kier molecular flexibility index (Phi) is 5.76. The van der Waals surface area contributed by atoms with Crippen molar-refractivity contribution in [2.75, 3.05) is 20.1 Å². The molecule has 2 rings (SSSR count). The molecule has 1 aromatic heterocycles. The highest BCUT2D eigenvalue weighted by molar-refractivity contribution is 5.92. The van der Waals surface area contributed by atoms with E-state index in [1.54, 1.807) is 28.9 Å². The molecule has 23 heavy (non-hydrogen) atoms. The summed E-state index contributed by atoms with van der Waals surface area (Å²) < 4.78 is 1.71. The maximum Gasteiger partial charge on any atom is 0.272 e. The van der Waals surface area contributed by atoms with E-state index in [9.17, 15) is 14.7 Å². The van der Waals surface area contributed by atoms with E-state index < -0.39 is 5.60 Å². The van der Waals surface area contributed by atoms with Gasteiger partial charge in [0, 0.05) is 39.3 Å². The van der Waals surface area contributed by atoms with Crippen LogP contribution >= 0.6 is 0 Å². The van der Waals surface area contributed by atoms with Crippen molar-refractivity contribution >= 4 is 11.8 Å². The molecule has 0 radical (unpaired) electrons. The van der Waals surface area contributed by atoms with Crippen LogP contribution in [0.25, 0.3) is 0 Å². The summed E-state index contributed by atoms with van der Waals surface area (Å²) >= 11 is 0. The van der Waals surface area contributed by atoms with Gasteiger partial charge in [-0.2, -0.15) is 5.10 Å². The van der Waals surface area contributed by atoms with Gasteiger partial charge in [0.1, 0.15) is 5.69 Å². The number of aliphatic hydroxyl groups is 1. The van der Waals surface area contributed by atoms with Crippen molar-refractivity contribution in [1.82, 2.24) is 20.0 Å². The van der Waals surface area contributed by atoms with Crippen molar-refractivity contribution in [2.24, 2.45) is 0 Å². The van der Waals surface area contributed by atoms with Gasteiger partial charge >= 0.3 is 0 Å². The third-order valence-corrected chi connectivity index (χ3v) is 4.31. The predicted molar refractivity (Wildman–Crippen MR) is 85.9 cm³/mol. The van der Waals surface area contributed by atoms with Crippen LogP contribution in [0.2, 0.25) is 0 Å². The van der Waals surface area contributed by atoms with Gasteiger partial charge in [-0.3, -0.25) is 14.3 Å². The Hall–Kier alpha value is -1.89. The Morgan fingerprint density at radius 2 is 2.26 bits per heavy atom. The van der Waals surface area contributed by atoms with E-state index in [0.29, 0.717) is 31.6 Å². The van der Waals surface area contributed by atoms with Crippen LogP contribution in [0.1, 0.15) is 49.5 Å². The molecule has 0 unspecified atom stereocenters. The maximum atomic E-state index is 12.7. The van der Waals surface area contributed by atoms with Crippen LogP contribution in [0, 0.1) is 0 Å². The van der Waals surface area contributed by atoms with Crippen LogP contribution in [0.4, 0.5) is 0 Å². The van der Waals surface area contributed by atoms with Crippen LogP contribution in [0.15, 0.2) is 12.3 Å². The summed E-state index contributed by atoms with van der Waals surface area (Å²) in [5.41, 5.74) is -0.432. The molecule has 0 aromatic carbocycles. The lowest BCUT2D eigenvalue weighted by molar-refractivity contribution is -0.122. The molecule has 0 aliphatic carbocycles. The Bertz CT molecular complexity index is 557. The van der Waals surface area contributed by atoms with Crippen molar-refractivity contribution in [3.8, 4) is 0 Å². The quantitative estimate of drug-likeness (QED) is 0.810. The van der Waals surface area contributed by atoms with Gasteiger partial charge in [0.05, 0.1) is 5.60 Å². The molecule has 2 N–H and O–H groups in total. The summed E-state index contributed by atoms with van der Waals surface area (Å²) in [4.78, 5) is 25.8. The molecule has 7 nitrogen and oxygen atoms in total. The largest absolute Gasteiger partial charge is 0.388 e. The number of hydrogen-bond acceptors (Lipinski definition) is 4. The molecule has 1 aromatic rings. The molecule has 1 fully saturated rings. The smallest absolute Gasteiger partial charge is 0.272 e. The van der Waals surface area contributed by atoms with Crippen LogP contribution in [-0.2, 0) is 11.3 Å². The fourth-order valence-corrected chi connectivity index (χ4v) is 3.03. The zero-order chi connectivity index (χ0) is 16.9. The molecule has 1 atom stereocenters. The minimum atomic E-state index is -0.990. The number of aryl methyl sites for hydroxylation is 1. The number of piperidine rings is 1. The average molecular weight is 322 g/mol. The number of β-amino-alcohol motifs (C(OH)–C–C–N with tert-alkyl or cyclic N) is 1. The molecule has 1 aliphatic rings. The number of amides is 2. The zero-order valence-corrected chi connectivity index (χ0v) is 13.9. The monoisotopic (exact) mass is 322 g/mol. The van der Waals surface area contributed by atoms with Crippen molar-refractivity contribution < 1.29 is 14.7 Å². The SMILES string of the molecule is CCCn1nccc1C(=O)N1CCC[C@@](O)(CCC(=O)NC)C1. The fourth-order valence-electron chi connectivity index (χ4n) is 3.03. The number of carbonyl (C=O) groups is 2. The van der Waals surface area contributed by atoms with E-state index in [1.165, 1.54) is 0 Å². The van der Waals surface area contributed by atoms with Crippen molar-refractivity contribution in [2.45, 2.75) is 51.2 Å². The molecule has 1 saturated heterocycles. The van der Waals surface area contributed by atoms with E-state index in [0.717, 1.165) is 12.8 Å². The second-order valence-electron chi connectivity index (χ2n) is 6.17. The molecular weight excluding hydrogens is 296 g/mol. The molecule has 2 heterocycles. The van der Waals surface area contributed by atoms with Crippen LogP contribution in [0.5, 0.6) is 0 Å². The van der Waals surface area contributed by atoms with Crippen LogP contribution in [0.3, 0.4) is 0 Å². The van der Waals surface area contributed by atoms with Crippen molar-refractivity contribution in [1.29, 1.82) is 0 Å². The lowest BCUT2D eigenvalue weighted by Crippen LogP contribution is -2.51. The Balaban J connectivity index is 2.03. The highest BCUT2D eigenvalue weighted by atomic mass is 16.3. The average Bonchev–Trinajstić information content (AvgIpc) is 3.00. The molecule has 0 bridgehead atoms. The molecular formula is C16H26N4O3. The molecule has 2 amide bonds. The first kappa shape index (κ1) is 17.5. The van der Waals surface area contributed by atoms with E-state index in [2.05, 4.69) is 10.4 Å². The van der Waals surface area contributed by atoms with E-state index in [-0.39, 0.29) is 24.8 Å². The van der Waals surface area contributed by atoms with Gasteiger partial charge in [0.15, 0.2) is 0 Å².